The number of hydrogen-bond donors (Lipinski definition) is 2. The molecule has 1 aromatic rings. The molecule has 0 saturated heterocycles. The molecule has 0 radical (unpaired) electrons. The average molecular weight is 248 g/mol. The van der Waals surface area contributed by atoms with Crippen molar-refractivity contribution in [1.29, 1.82) is 5.26 Å². The predicted octanol–water partition coefficient (Wildman–Crippen LogP) is 1.95. The van der Waals surface area contributed by atoms with E-state index in [0.29, 0.717) is 23.6 Å². The second kappa shape index (κ2) is 5.94. The topological polar surface area (TPSA) is 56.0 Å². The number of nitriles is 1. The summed E-state index contributed by atoms with van der Waals surface area (Å²) < 4.78 is 13.6. The molecule has 1 saturated carbocycles. The largest absolute Gasteiger partial charge is 0.393 e. The minimum Gasteiger partial charge on any atom is -0.393 e. The van der Waals surface area contributed by atoms with Gasteiger partial charge in [-0.1, -0.05) is 6.07 Å². The standard InChI is InChI=1S/C14H17FN2O/c15-14-6-10(7-16)1-3-12(14)9-17-8-11-2-4-13(18)5-11/h1,3,6,11,13,17-18H,2,4-5,8-9H2. The molecular weight excluding hydrogens is 231 g/mol. The third-order valence-corrected chi connectivity index (χ3v) is 3.44. The van der Waals surface area contributed by atoms with Gasteiger partial charge in [-0.15, -0.1) is 0 Å². The van der Waals surface area contributed by atoms with E-state index in [0.717, 1.165) is 25.8 Å². The molecule has 2 rings (SSSR count). The number of nitrogens with one attached hydrogen (secondary N) is 1. The van der Waals surface area contributed by atoms with Gasteiger partial charge in [-0.25, -0.2) is 4.39 Å². The van der Waals surface area contributed by atoms with Gasteiger partial charge in [0.25, 0.3) is 0 Å². The van der Waals surface area contributed by atoms with Crippen LogP contribution in [0.2, 0.25) is 0 Å². The molecule has 2 unspecified atom stereocenters. The Hall–Kier alpha value is -1.44. The smallest absolute Gasteiger partial charge is 0.129 e. The van der Waals surface area contributed by atoms with Crippen LogP contribution in [0.15, 0.2) is 18.2 Å². The number of benzene rings is 1. The van der Waals surface area contributed by atoms with Gasteiger partial charge in [0.2, 0.25) is 0 Å². The summed E-state index contributed by atoms with van der Waals surface area (Å²) in [5.41, 5.74) is 0.919. The lowest BCUT2D eigenvalue weighted by Crippen LogP contribution is -2.21. The number of rotatable bonds is 4. The van der Waals surface area contributed by atoms with E-state index >= 15 is 0 Å². The van der Waals surface area contributed by atoms with Crippen LogP contribution in [0.5, 0.6) is 0 Å². The van der Waals surface area contributed by atoms with E-state index in [-0.39, 0.29) is 11.9 Å². The zero-order valence-electron chi connectivity index (χ0n) is 10.2. The first kappa shape index (κ1) is 13.0. The fourth-order valence-corrected chi connectivity index (χ4v) is 2.41. The molecule has 1 aliphatic rings. The molecule has 1 aliphatic carbocycles. The minimum atomic E-state index is -0.340. The van der Waals surface area contributed by atoms with Gasteiger partial charge in [-0.2, -0.15) is 5.26 Å². The molecule has 3 nitrogen and oxygen atoms in total. The maximum Gasteiger partial charge on any atom is 0.129 e. The Kier molecular flexibility index (Phi) is 4.29. The zero-order valence-corrected chi connectivity index (χ0v) is 10.2. The summed E-state index contributed by atoms with van der Waals surface area (Å²) in [5, 5.41) is 21.2. The molecule has 1 fully saturated rings. The number of aliphatic hydroxyl groups excluding tert-OH is 1. The Morgan fingerprint density at radius 3 is 2.89 bits per heavy atom. The van der Waals surface area contributed by atoms with Crippen LogP contribution in [-0.2, 0) is 6.54 Å². The Morgan fingerprint density at radius 2 is 2.28 bits per heavy atom. The lowest BCUT2D eigenvalue weighted by molar-refractivity contribution is 0.177. The normalized spacial score (nSPS) is 22.9. The fourth-order valence-electron chi connectivity index (χ4n) is 2.41. The highest BCUT2D eigenvalue weighted by atomic mass is 19.1. The van der Waals surface area contributed by atoms with Gasteiger partial charge in [0.1, 0.15) is 5.82 Å². The molecule has 2 N–H and O–H groups in total. The Bertz CT molecular complexity index is 456. The number of nitrogens with zero attached hydrogens (tertiary/aromatic N) is 1. The summed E-state index contributed by atoms with van der Waals surface area (Å²) in [6.45, 7) is 1.26. The summed E-state index contributed by atoms with van der Waals surface area (Å²) in [4.78, 5) is 0. The van der Waals surface area contributed by atoms with Gasteiger partial charge in [0.05, 0.1) is 17.7 Å². The average Bonchev–Trinajstić information content (AvgIpc) is 2.77. The molecule has 0 heterocycles. The van der Waals surface area contributed by atoms with Crippen molar-refractivity contribution in [2.75, 3.05) is 6.54 Å². The van der Waals surface area contributed by atoms with E-state index in [1.807, 2.05) is 6.07 Å². The molecule has 0 aromatic heterocycles. The summed E-state index contributed by atoms with van der Waals surface area (Å²) in [5.74, 6) is 0.148. The van der Waals surface area contributed by atoms with E-state index in [1.54, 1.807) is 12.1 Å². The highest BCUT2D eigenvalue weighted by Gasteiger charge is 2.22. The molecule has 0 spiro atoms. The van der Waals surface area contributed by atoms with Gasteiger partial charge >= 0.3 is 0 Å². The van der Waals surface area contributed by atoms with Crippen molar-refractivity contribution in [2.45, 2.75) is 31.9 Å². The van der Waals surface area contributed by atoms with Gasteiger partial charge in [-0.05, 0) is 43.9 Å². The van der Waals surface area contributed by atoms with E-state index in [1.165, 1.54) is 6.07 Å². The van der Waals surface area contributed by atoms with Crippen LogP contribution in [0, 0.1) is 23.1 Å². The van der Waals surface area contributed by atoms with Crippen LogP contribution < -0.4 is 5.32 Å². The van der Waals surface area contributed by atoms with Crippen molar-refractivity contribution in [3.63, 3.8) is 0 Å². The number of halogens is 1. The molecule has 0 bridgehead atoms. The van der Waals surface area contributed by atoms with Crippen molar-refractivity contribution in [1.82, 2.24) is 5.32 Å². The number of hydrogen-bond acceptors (Lipinski definition) is 3. The summed E-state index contributed by atoms with van der Waals surface area (Å²) in [6, 6.07) is 6.44. The Morgan fingerprint density at radius 1 is 1.44 bits per heavy atom. The zero-order chi connectivity index (χ0) is 13.0. The van der Waals surface area contributed by atoms with Crippen molar-refractivity contribution in [2.24, 2.45) is 5.92 Å². The Balaban J connectivity index is 1.82. The first-order valence-corrected chi connectivity index (χ1v) is 6.26. The molecule has 2 atom stereocenters. The third kappa shape index (κ3) is 3.28. The van der Waals surface area contributed by atoms with Crippen LogP contribution in [0.4, 0.5) is 4.39 Å². The second-order valence-corrected chi connectivity index (χ2v) is 4.88. The van der Waals surface area contributed by atoms with Crippen molar-refractivity contribution in [3.8, 4) is 6.07 Å². The van der Waals surface area contributed by atoms with Crippen molar-refractivity contribution < 1.29 is 9.50 Å². The summed E-state index contributed by atoms with van der Waals surface area (Å²) in [6.07, 6.45) is 2.58. The van der Waals surface area contributed by atoms with Gasteiger partial charge < -0.3 is 10.4 Å². The summed E-state index contributed by atoms with van der Waals surface area (Å²) in [7, 11) is 0. The van der Waals surface area contributed by atoms with Crippen LogP contribution in [0.3, 0.4) is 0 Å². The first-order valence-electron chi connectivity index (χ1n) is 6.26. The lowest BCUT2D eigenvalue weighted by atomic mass is 10.1. The maximum absolute atomic E-state index is 13.6. The van der Waals surface area contributed by atoms with E-state index in [9.17, 15) is 9.50 Å². The molecule has 4 heteroatoms. The van der Waals surface area contributed by atoms with Crippen LogP contribution in [0.1, 0.15) is 30.4 Å². The monoisotopic (exact) mass is 248 g/mol. The fraction of sp³-hybridized carbons (Fsp3) is 0.500. The lowest BCUT2D eigenvalue weighted by Gasteiger charge is -2.11. The minimum absolute atomic E-state index is 0.163. The van der Waals surface area contributed by atoms with Gasteiger partial charge in [0, 0.05) is 12.1 Å². The van der Waals surface area contributed by atoms with Crippen LogP contribution >= 0.6 is 0 Å². The molecular formula is C14H17FN2O. The molecule has 0 amide bonds. The van der Waals surface area contributed by atoms with E-state index in [2.05, 4.69) is 5.32 Å². The van der Waals surface area contributed by atoms with Crippen LogP contribution in [-0.4, -0.2) is 17.8 Å². The molecule has 96 valence electrons. The SMILES string of the molecule is N#Cc1ccc(CNCC2CCC(O)C2)c(F)c1. The van der Waals surface area contributed by atoms with E-state index in [4.69, 9.17) is 5.26 Å². The first-order chi connectivity index (χ1) is 8.69. The van der Waals surface area contributed by atoms with Crippen molar-refractivity contribution in [3.05, 3.63) is 35.1 Å². The quantitative estimate of drug-likeness (QED) is 0.856. The van der Waals surface area contributed by atoms with Crippen molar-refractivity contribution >= 4 is 0 Å². The summed E-state index contributed by atoms with van der Waals surface area (Å²) >= 11 is 0. The molecule has 1 aromatic carbocycles. The third-order valence-electron chi connectivity index (χ3n) is 3.44. The van der Waals surface area contributed by atoms with Gasteiger partial charge in [-0.3, -0.25) is 0 Å². The highest BCUT2D eigenvalue weighted by molar-refractivity contribution is 5.32. The van der Waals surface area contributed by atoms with E-state index < -0.39 is 0 Å². The highest BCUT2D eigenvalue weighted by Crippen LogP contribution is 2.24. The Labute approximate surface area is 106 Å². The second-order valence-electron chi connectivity index (χ2n) is 4.88. The molecule has 0 aliphatic heterocycles. The van der Waals surface area contributed by atoms with Gasteiger partial charge in [0.15, 0.2) is 0 Å². The van der Waals surface area contributed by atoms with Crippen LogP contribution in [0.25, 0.3) is 0 Å². The maximum atomic E-state index is 13.6. The predicted molar refractivity (Wildman–Crippen MR) is 66.2 cm³/mol. The number of aliphatic hydroxyl groups is 1. The molecule has 18 heavy (non-hydrogen) atoms.